The molecule has 1 aliphatic carbocycles. The van der Waals surface area contributed by atoms with Crippen molar-refractivity contribution < 1.29 is 14.7 Å². The smallest absolute Gasteiger partial charge is 0.306 e. The maximum atomic E-state index is 12.5. The van der Waals surface area contributed by atoms with Crippen LogP contribution in [0, 0.1) is 11.8 Å². The van der Waals surface area contributed by atoms with Crippen LogP contribution in [0.3, 0.4) is 0 Å². The van der Waals surface area contributed by atoms with Crippen LogP contribution < -0.4 is 0 Å². The molecular weight excluding hydrogens is 268 g/mol. The molecule has 1 atom stereocenters. The number of carboxylic acid groups (broad SMARTS) is 1. The summed E-state index contributed by atoms with van der Waals surface area (Å²) >= 11 is 0. The molecule has 1 unspecified atom stereocenters. The molecule has 0 spiro atoms. The summed E-state index contributed by atoms with van der Waals surface area (Å²) in [5.41, 5.74) is 0. The minimum Gasteiger partial charge on any atom is -0.481 e. The summed E-state index contributed by atoms with van der Waals surface area (Å²) in [6.45, 7) is 6.52. The molecule has 0 aromatic heterocycles. The van der Waals surface area contributed by atoms with Gasteiger partial charge in [-0.2, -0.15) is 0 Å². The van der Waals surface area contributed by atoms with E-state index in [2.05, 4.69) is 11.8 Å². The van der Waals surface area contributed by atoms with Crippen molar-refractivity contribution >= 4 is 11.9 Å². The molecule has 1 amide bonds. The van der Waals surface area contributed by atoms with Gasteiger partial charge in [0.25, 0.3) is 0 Å². The number of rotatable bonds is 6. The molecule has 0 bridgehead atoms. The quantitative estimate of drug-likeness (QED) is 0.812. The highest BCUT2D eigenvalue weighted by Crippen LogP contribution is 2.25. The van der Waals surface area contributed by atoms with Crippen LogP contribution in [0.25, 0.3) is 0 Å². The summed E-state index contributed by atoms with van der Waals surface area (Å²) < 4.78 is 0. The number of carboxylic acids is 1. The molecule has 1 aliphatic heterocycles. The van der Waals surface area contributed by atoms with E-state index in [1.807, 2.05) is 4.90 Å². The number of aliphatic carboxylic acids is 1. The highest BCUT2D eigenvalue weighted by molar-refractivity contribution is 5.78. The fourth-order valence-electron chi connectivity index (χ4n) is 3.57. The Morgan fingerprint density at radius 1 is 1.24 bits per heavy atom. The summed E-state index contributed by atoms with van der Waals surface area (Å²) in [6.07, 6.45) is 6.03. The molecule has 0 aromatic carbocycles. The van der Waals surface area contributed by atoms with Gasteiger partial charge in [0.2, 0.25) is 5.91 Å². The first-order valence-electron chi connectivity index (χ1n) is 8.27. The lowest BCUT2D eigenvalue weighted by Gasteiger charge is -2.42. The van der Waals surface area contributed by atoms with Gasteiger partial charge in [-0.05, 0) is 25.7 Å². The van der Waals surface area contributed by atoms with Crippen LogP contribution in [0.4, 0.5) is 0 Å². The monoisotopic (exact) mass is 296 g/mol. The maximum Gasteiger partial charge on any atom is 0.306 e. The van der Waals surface area contributed by atoms with Crippen molar-refractivity contribution in [3.05, 3.63) is 0 Å². The van der Waals surface area contributed by atoms with Gasteiger partial charge < -0.3 is 10.0 Å². The van der Waals surface area contributed by atoms with Gasteiger partial charge in [-0.25, -0.2) is 0 Å². The molecule has 5 nitrogen and oxygen atoms in total. The molecule has 2 fully saturated rings. The van der Waals surface area contributed by atoms with E-state index in [0.29, 0.717) is 12.6 Å². The van der Waals surface area contributed by atoms with E-state index in [0.717, 1.165) is 32.5 Å². The average molecular weight is 296 g/mol. The van der Waals surface area contributed by atoms with Crippen LogP contribution in [-0.4, -0.2) is 59.0 Å². The third-order valence-corrected chi connectivity index (χ3v) is 5.12. The number of likely N-dealkylation sites (tertiary alicyclic amines) is 1. The minimum atomic E-state index is -0.733. The number of nitrogens with zero attached hydrogens (tertiary/aromatic N) is 2. The molecule has 0 aromatic rings. The first kappa shape index (κ1) is 16.3. The van der Waals surface area contributed by atoms with E-state index in [9.17, 15) is 9.59 Å². The minimum absolute atomic E-state index is 0.194. The number of amides is 1. The Kier molecular flexibility index (Phi) is 5.62. The average Bonchev–Trinajstić information content (AvgIpc) is 2.43. The Hall–Kier alpha value is -1.10. The lowest BCUT2D eigenvalue weighted by atomic mass is 9.87. The fourth-order valence-corrected chi connectivity index (χ4v) is 3.57. The second kappa shape index (κ2) is 7.25. The van der Waals surface area contributed by atoms with E-state index in [-0.39, 0.29) is 17.7 Å². The first-order valence-corrected chi connectivity index (χ1v) is 8.27. The van der Waals surface area contributed by atoms with Gasteiger partial charge in [-0.3, -0.25) is 14.5 Å². The highest BCUT2D eigenvalue weighted by Gasteiger charge is 2.36. The lowest BCUT2D eigenvalue weighted by molar-refractivity contribution is -0.146. The Bertz CT molecular complexity index is 374. The third-order valence-electron chi connectivity index (χ3n) is 5.12. The summed E-state index contributed by atoms with van der Waals surface area (Å²) in [6, 6.07) is 0.422. The molecular formula is C16H28N2O3. The van der Waals surface area contributed by atoms with Crippen molar-refractivity contribution in [2.24, 2.45) is 11.8 Å². The van der Waals surface area contributed by atoms with Gasteiger partial charge in [-0.1, -0.05) is 26.2 Å². The van der Waals surface area contributed by atoms with Gasteiger partial charge in [0.15, 0.2) is 0 Å². The van der Waals surface area contributed by atoms with Crippen LogP contribution in [0.15, 0.2) is 0 Å². The molecule has 2 aliphatic rings. The second-order valence-electron chi connectivity index (χ2n) is 6.55. The van der Waals surface area contributed by atoms with Crippen molar-refractivity contribution in [2.75, 3.05) is 26.2 Å². The maximum absolute atomic E-state index is 12.5. The van der Waals surface area contributed by atoms with Crippen molar-refractivity contribution in [2.45, 2.75) is 52.0 Å². The summed E-state index contributed by atoms with van der Waals surface area (Å²) in [5, 5.41) is 8.99. The molecule has 21 heavy (non-hydrogen) atoms. The van der Waals surface area contributed by atoms with E-state index < -0.39 is 5.97 Å². The van der Waals surface area contributed by atoms with Gasteiger partial charge in [0.05, 0.1) is 12.5 Å². The molecule has 0 radical (unpaired) electrons. The first-order chi connectivity index (χ1) is 10.0. The zero-order chi connectivity index (χ0) is 15.4. The SMILES string of the molecule is CCN(C(=O)CN1CC(C(C)C(=O)O)C1)C1CCCCC1. The molecule has 1 saturated carbocycles. The Labute approximate surface area is 127 Å². The molecule has 1 heterocycles. The molecule has 120 valence electrons. The zero-order valence-corrected chi connectivity index (χ0v) is 13.3. The normalized spacial score (nSPS) is 22.6. The van der Waals surface area contributed by atoms with E-state index in [1.54, 1.807) is 6.92 Å². The summed E-state index contributed by atoms with van der Waals surface area (Å²) in [4.78, 5) is 27.5. The lowest BCUT2D eigenvalue weighted by Crippen LogP contribution is -2.55. The molecule has 1 saturated heterocycles. The predicted molar refractivity (Wildman–Crippen MR) is 81.0 cm³/mol. The predicted octanol–water partition coefficient (Wildman–Crippen LogP) is 1.82. The van der Waals surface area contributed by atoms with Crippen molar-refractivity contribution in [3.63, 3.8) is 0 Å². The zero-order valence-electron chi connectivity index (χ0n) is 13.3. The fraction of sp³-hybridized carbons (Fsp3) is 0.875. The molecule has 1 N–H and O–H groups in total. The van der Waals surface area contributed by atoms with Gasteiger partial charge in [0.1, 0.15) is 0 Å². The summed E-state index contributed by atoms with van der Waals surface area (Å²) in [5.74, 6) is -0.633. The van der Waals surface area contributed by atoms with Crippen LogP contribution in [0.1, 0.15) is 46.0 Å². The van der Waals surface area contributed by atoms with Crippen LogP contribution >= 0.6 is 0 Å². The number of hydrogen-bond acceptors (Lipinski definition) is 3. The van der Waals surface area contributed by atoms with E-state index >= 15 is 0 Å². The third kappa shape index (κ3) is 3.96. The van der Waals surface area contributed by atoms with Gasteiger partial charge in [-0.15, -0.1) is 0 Å². The molecule has 5 heteroatoms. The Morgan fingerprint density at radius 2 is 1.86 bits per heavy atom. The number of likely N-dealkylation sites (N-methyl/N-ethyl adjacent to an activating group) is 1. The summed E-state index contributed by atoms with van der Waals surface area (Å²) in [7, 11) is 0. The topological polar surface area (TPSA) is 60.9 Å². The van der Waals surface area contributed by atoms with Crippen molar-refractivity contribution in [1.29, 1.82) is 0 Å². The van der Waals surface area contributed by atoms with Gasteiger partial charge >= 0.3 is 5.97 Å². The standard InChI is InChI=1S/C16H28N2O3/c1-3-18(14-7-5-4-6-8-14)15(19)11-17-9-13(10-17)12(2)16(20)21/h12-14H,3-11H2,1-2H3,(H,20,21). The number of hydrogen-bond donors (Lipinski definition) is 1. The van der Waals surface area contributed by atoms with Crippen molar-refractivity contribution in [3.8, 4) is 0 Å². The van der Waals surface area contributed by atoms with Crippen molar-refractivity contribution in [1.82, 2.24) is 9.80 Å². The second-order valence-corrected chi connectivity index (χ2v) is 6.55. The highest BCUT2D eigenvalue weighted by atomic mass is 16.4. The largest absolute Gasteiger partial charge is 0.481 e. The number of carbonyl (C=O) groups is 2. The Balaban J connectivity index is 1.77. The van der Waals surface area contributed by atoms with Gasteiger partial charge in [0, 0.05) is 25.7 Å². The van der Waals surface area contributed by atoms with E-state index in [4.69, 9.17) is 5.11 Å². The number of carbonyl (C=O) groups excluding carboxylic acids is 1. The Morgan fingerprint density at radius 3 is 2.38 bits per heavy atom. The molecule has 2 rings (SSSR count). The van der Waals surface area contributed by atoms with Crippen LogP contribution in [-0.2, 0) is 9.59 Å². The van der Waals surface area contributed by atoms with Crippen LogP contribution in [0.2, 0.25) is 0 Å². The van der Waals surface area contributed by atoms with E-state index in [1.165, 1.54) is 19.3 Å². The van der Waals surface area contributed by atoms with Crippen LogP contribution in [0.5, 0.6) is 0 Å².